The SMILES string of the molecule is O=C(NCC(F)(F)C(=O)O)c1ccc(CN(C(=O)Nc2cc(F)cc(Br)c2)c2ccc(C3=CCCCC3)cc2)cc1. The van der Waals surface area contributed by atoms with E-state index >= 15 is 0 Å². The number of rotatable bonds is 9. The fourth-order valence-corrected chi connectivity index (χ4v) is 4.83. The molecule has 0 unspecified atom stereocenters. The molecule has 214 valence electrons. The van der Waals surface area contributed by atoms with Crippen LogP contribution in [0.3, 0.4) is 0 Å². The third-order valence-electron chi connectivity index (χ3n) is 6.54. The Balaban J connectivity index is 1.54. The maximum atomic E-state index is 13.9. The first-order valence-electron chi connectivity index (χ1n) is 12.8. The minimum atomic E-state index is -4.09. The van der Waals surface area contributed by atoms with Crippen LogP contribution in [0.1, 0.15) is 47.2 Å². The smallest absolute Gasteiger partial charge is 0.376 e. The van der Waals surface area contributed by atoms with Crippen molar-refractivity contribution in [1.82, 2.24) is 5.32 Å². The van der Waals surface area contributed by atoms with Crippen LogP contribution in [0.15, 0.2) is 77.3 Å². The number of carboxylic acids is 1. The molecule has 1 aliphatic rings. The van der Waals surface area contributed by atoms with Gasteiger partial charge in [-0.2, -0.15) is 8.78 Å². The lowest BCUT2D eigenvalue weighted by atomic mass is 9.93. The molecule has 0 atom stereocenters. The van der Waals surface area contributed by atoms with E-state index in [1.54, 1.807) is 18.2 Å². The van der Waals surface area contributed by atoms with Crippen LogP contribution in [0.2, 0.25) is 0 Å². The second kappa shape index (κ2) is 13.0. The van der Waals surface area contributed by atoms with E-state index in [0.717, 1.165) is 24.8 Å². The molecule has 3 amide bonds. The van der Waals surface area contributed by atoms with Gasteiger partial charge in [0.15, 0.2) is 0 Å². The summed E-state index contributed by atoms with van der Waals surface area (Å²) in [6.45, 7) is -1.27. The summed E-state index contributed by atoms with van der Waals surface area (Å²) >= 11 is 3.22. The monoisotopic (exact) mass is 629 g/mol. The number of nitrogens with zero attached hydrogens (tertiary/aromatic N) is 1. The van der Waals surface area contributed by atoms with Gasteiger partial charge in [0, 0.05) is 21.4 Å². The number of allylic oxidation sites excluding steroid dienone is 2. The number of carbonyl (C=O) groups excluding carboxylic acids is 2. The zero-order chi connectivity index (χ0) is 29.6. The highest BCUT2D eigenvalue weighted by Gasteiger charge is 2.39. The van der Waals surface area contributed by atoms with Gasteiger partial charge < -0.3 is 15.7 Å². The number of hydrogen-bond donors (Lipinski definition) is 3. The average Bonchev–Trinajstić information content (AvgIpc) is 2.95. The van der Waals surface area contributed by atoms with Crippen LogP contribution >= 0.6 is 15.9 Å². The van der Waals surface area contributed by atoms with E-state index in [9.17, 15) is 27.6 Å². The number of carboxylic acid groups (broad SMARTS) is 1. The number of anilines is 2. The van der Waals surface area contributed by atoms with Crippen molar-refractivity contribution in [3.05, 3.63) is 99.8 Å². The Hall–Kier alpha value is -4.12. The van der Waals surface area contributed by atoms with E-state index in [2.05, 4.69) is 27.3 Å². The predicted molar refractivity (Wildman–Crippen MR) is 154 cm³/mol. The number of hydrogen-bond acceptors (Lipinski definition) is 3. The Kier molecular flexibility index (Phi) is 9.49. The van der Waals surface area contributed by atoms with Crippen molar-refractivity contribution in [2.45, 2.75) is 38.2 Å². The lowest BCUT2D eigenvalue weighted by molar-refractivity contribution is -0.163. The van der Waals surface area contributed by atoms with Gasteiger partial charge >= 0.3 is 17.9 Å². The summed E-state index contributed by atoms with van der Waals surface area (Å²) in [6, 6.07) is 17.0. The number of alkyl halides is 2. The lowest BCUT2D eigenvalue weighted by Gasteiger charge is -2.24. The van der Waals surface area contributed by atoms with Crippen LogP contribution in [0.4, 0.5) is 29.3 Å². The maximum Gasteiger partial charge on any atom is 0.376 e. The van der Waals surface area contributed by atoms with Crippen LogP contribution in [0, 0.1) is 5.82 Å². The first-order chi connectivity index (χ1) is 19.5. The topological polar surface area (TPSA) is 98.7 Å². The molecule has 1 aliphatic carbocycles. The van der Waals surface area contributed by atoms with E-state index in [1.165, 1.54) is 41.2 Å². The van der Waals surface area contributed by atoms with Crippen LogP contribution in [-0.2, 0) is 11.3 Å². The molecule has 0 aromatic heterocycles. The van der Waals surface area contributed by atoms with Crippen molar-refractivity contribution in [2.24, 2.45) is 0 Å². The van der Waals surface area contributed by atoms with Crippen LogP contribution < -0.4 is 15.5 Å². The second-order valence-corrected chi connectivity index (χ2v) is 10.5. The first-order valence-corrected chi connectivity index (χ1v) is 13.6. The number of aliphatic carboxylic acids is 1. The van der Waals surface area contributed by atoms with E-state index in [4.69, 9.17) is 5.11 Å². The Morgan fingerprint density at radius 1 is 0.976 bits per heavy atom. The molecule has 0 aliphatic heterocycles. The summed E-state index contributed by atoms with van der Waals surface area (Å²) in [5, 5.41) is 13.1. The van der Waals surface area contributed by atoms with Gasteiger partial charge in [-0.05, 0) is 84.8 Å². The van der Waals surface area contributed by atoms with Crippen molar-refractivity contribution in [3.8, 4) is 0 Å². The van der Waals surface area contributed by atoms with Gasteiger partial charge in [-0.15, -0.1) is 0 Å². The standard InChI is InChI=1S/C30H27BrF3N3O4/c31-23-14-24(32)16-25(15-23)36-29(41)37(26-12-10-21(11-13-26)20-4-2-1-3-5-20)17-19-6-8-22(9-7-19)27(38)35-18-30(33,34)28(39)40/h4,6-16H,1-3,5,17-18H2,(H,35,38)(H,36,41)(H,39,40). The highest BCUT2D eigenvalue weighted by atomic mass is 79.9. The normalized spacial score (nSPS) is 13.2. The molecule has 3 N–H and O–H groups in total. The largest absolute Gasteiger partial charge is 0.477 e. The Morgan fingerprint density at radius 3 is 2.29 bits per heavy atom. The van der Waals surface area contributed by atoms with Gasteiger partial charge in [0.25, 0.3) is 5.91 Å². The number of benzene rings is 3. The van der Waals surface area contributed by atoms with Gasteiger partial charge in [-0.1, -0.05) is 46.3 Å². The predicted octanol–water partition coefficient (Wildman–Crippen LogP) is 7.23. The van der Waals surface area contributed by atoms with Crippen LogP contribution in [0.5, 0.6) is 0 Å². The quantitative estimate of drug-likeness (QED) is 0.232. The Labute approximate surface area is 243 Å². The molecular weight excluding hydrogens is 603 g/mol. The number of amides is 3. The molecule has 11 heteroatoms. The average molecular weight is 630 g/mol. The lowest BCUT2D eigenvalue weighted by Crippen LogP contribution is -2.42. The summed E-state index contributed by atoms with van der Waals surface area (Å²) in [6.07, 6.45) is 6.55. The maximum absolute atomic E-state index is 13.9. The molecule has 0 saturated carbocycles. The van der Waals surface area contributed by atoms with Crippen LogP contribution in [-0.4, -0.2) is 35.5 Å². The molecule has 0 fully saturated rings. The van der Waals surface area contributed by atoms with Gasteiger partial charge in [0.1, 0.15) is 5.82 Å². The minimum absolute atomic E-state index is 0.0423. The summed E-state index contributed by atoms with van der Waals surface area (Å²) in [7, 11) is 0. The van der Waals surface area contributed by atoms with Crippen molar-refractivity contribution in [2.75, 3.05) is 16.8 Å². The van der Waals surface area contributed by atoms with Gasteiger partial charge in [0.05, 0.1) is 13.1 Å². The van der Waals surface area contributed by atoms with E-state index in [0.29, 0.717) is 15.7 Å². The number of carbonyl (C=O) groups is 3. The van der Waals surface area contributed by atoms with Crippen molar-refractivity contribution >= 4 is 50.8 Å². The Bertz CT molecular complexity index is 1440. The molecule has 0 bridgehead atoms. The summed E-state index contributed by atoms with van der Waals surface area (Å²) in [5.41, 5.74) is 3.83. The van der Waals surface area contributed by atoms with E-state index in [1.807, 2.05) is 29.6 Å². The molecule has 0 heterocycles. The molecule has 3 aromatic rings. The van der Waals surface area contributed by atoms with Gasteiger partial charge in [-0.3, -0.25) is 9.69 Å². The number of urea groups is 1. The highest BCUT2D eigenvalue weighted by Crippen LogP contribution is 2.29. The Morgan fingerprint density at radius 2 is 1.68 bits per heavy atom. The fourth-order valence-electron chi connectivity index (χ4n) is 4.37. The zero-order valence-electron chi connectivity index (χ0n) is 21.8. The summed E-state index contributed by atoms with van der Waals surface area (Å²) in [5.74, 6) is -7.82. The van der Waals surface area contributed by atoms with Crippen molar-refractivity contribution in [3.63, 3.8) is 0 Å². The number of nitrogens with one attached hydrogen (secondary N) is 2. The minimum Gasteiger partial charge on any atom is -0.477 e. The molecule has 3 aromatic carbocycles. The zero-order valence-corrected chi connectivity index (χ0v) is 23.4. The fraction of sp³-hybridized carbons (Fsp3) is 0.233. The molecule has 0 radical (unpaired) electrons. The number of halogens is 4. The van der Waals surface area contributed by atoms with Crippen molar-refractivity contribution in [1.29, 1.82) is 0 Å². The second-order valence-electron chi connectivity index (χ2n) is 9.59. The van der Waals surface area contributed by atoms with Gasteiger partial charge in [-0.25, -0.2) is 14.0 Å². The third-order valence-corrected chi connectivity index (χ3v) is 7.00. The van der Waals surface area contributed by atoms with E-state index < -0.39 is 36.2 Å². The van der Waals surface area contributed by atoms with Gasteiger partial charge in [0.2, 0.25) is 0 Å². The highest BCUT2D eigenvalue weighted by molar-refractivity contribution is 9.10. The molecule has 4 rings (SSSR count). The molecule has 0 saturated heterocycles. The molecule has 41 heavy (non-hydrogen) atoms. The third kappa shape index (κ3) is 7.97. The molecule has 0 spiro atoms. The molecule has 7 nitrogen and oxygen atoms in total. The van der Waals surface area contributed by atoms with Crippen LogP contribution in [0.25, 0.3) is 5.57 Å². The van der Waals surface area contributed by atoms with Crippen molar-refractivity contribution < 1.29 is 32.7 Å². The summed E-state index contributed by atoms with van der Waals surface area (Å²) in [4.78, 5) is 37.7. The first kappa shape index (κ1) is 29.9. The summed E-state index contributed by atoms with van der Waals surface area (Å²) < 4.78 is 41.0. The molecular formula is C30H27BrF3N3O4. The van der Waals surface area contributed by atoms with E-state index in [-0.39, 0.29) is 17.8 Å².